The summed E-state index contributed by atoms with van der Waals surface area (Å²) in [4.78, 5) is 19.4. The van der Waals surface area contributed by atoms with Gasteiger partial charge in [0.2, 0.25) is 0 Å². The predicted octanol–water partition coefficient (Wildman–Crippen LogP) is 4.46. The van der Waals surface area contributed by atoms with E-state index in [1.54, 1.807) is 30.3 Å². The summed E-state index contributed by atoms with van der Waals surface area (Å²) in [5, 5.41) is 11.6. The predicted molar refractivity (Wildman–Crippen MR) is 138 cm³/mol. The molecular formula is C27H32N4O4S. The first-order valence-electron chi connectivity index (χ1n) is 12.3. The van der Waals surface area contributed by atoms with Crippen molar-refractivity contribution >= 4 is 21.8 Å². The molecule has 0 spiro atoms. The van der Waals surface area contributed by atoms with Crippen molar-refractivity contribution in [2.24, 2.45) is 0 Å². The van der Waals surface area contributed by atoms with E-state index in [0.29, 0.717) is 23.3 Å². The number of anilines is 1. The van der Waals surface area contributed by atoms with Crippen LogP contribution in [-0.2, 0) is 26.7 Å². The molecule has 1 aromatic carbocycles. The highest BCUT2D eigenvalue weighted by Crippen LogP contribution is 2.52. The molecule has 0 radical (unpaired) electrons. The van der Waals surface area contributed by atoms with Gasteiger partial charge in [-0.2, -0.15) is 0 Å². The largest absolute Gasteiger partial charge is 0.480 e. The van der Waals surface area contributed by atoms with E-state index in [1.807, 2.05) is 0 Å². The lowest BCUT2D eigenvalue weighted by Gasteiger charge is -2.20. The topological polar surface area (TPSA) is 121 Å². The highest BCUT2D eigenvalue weighted by molar-refractivity contribution is 7.89. The molecule has 0 bridgehead atoms. The smallest absolute Gasteiger partial charge is 0.322 e. The molecule has 1 saturated carbocycles. The van der Waals surface area contributed by atoms with Crippen LogP contribution >= 0.6 is 0 Å². The van der Waals surface area contributed by atoms with Crippen molar-refractivity contribution in [3.05, 3.63) is 83.7 Å². The second-order valence-corrected chi connectivity index (χ2v) is 11.0. The third-order valence-electron chi connectivity index (χ3n) is 6.63. The molecule has 2 aromatic heterocycles. The average Bonchev–Trinajstić information content (AvgIpc) is 3.68. The quantitative estimate of drug-likeness (QED) is 0.312. The van der Waals surface area contributed by atoms with Gasteiger partial charge in [0.1, 0.15) is 12.4 Å². The summed E-state index contributed by atoms with van der Waals surface area (Å²) in [6, 6.07) is 17.6. The fourth-order valence-electron chi connectivity index (χ4n) is 4.45. The lowest BCUT2D eigenvalue weighted by Crippen LogP contribution is -2.31. The first kappa shape index (κ1) is 25.8. The summed E-state index contributed by atoms with van der Waals surface area (Å²) in [7, 11) is -3.91. The number of carbonyl (C=O) groups is 1. The summed E-state index contributed by atoms with van der Waals surface area (Å²) in [5.41, 5.74) is 3.11. The minimum Gasteiger partial charge on any atom is -0.480 e. The van der Waals surface area contributed by atoms with E-state index in [-0.39, 0.29) is 11.6 Å². The minimum absolute atomic E-state index is 0.0721. The Kier molecular flexibility index (Phi) is 8.01. The molecule has 9 heteroatoms. The molecule has 8 nitrogen and oxygen atoms in total. The van der Waals surface area contributed by atoms with E-state index in [0.717, 1.165) is 5.56 Å². The van der Waals surface area contributed by atoms with Crippen LogP contribution in [0.4, 0.5) is 5.82 Å². The summed E-state index contributed by atoms with van der Waals surface area (Å²) < 4.78 is 29.0. The number of rotatable bonds is 13. The number of carboxylic acids is 1. The monoisotopic (exact) mass is 508 g/mol. The Morgan fingerprint density at radius 3 is 2.50 bits per heavy atom. The Hall–Kier alpha value is -3.30. The second-order valence-electron chi connectivity index (χ2n) is 9.32. The van der Waals surface area contributed by atoms with E-state index in [1.165, 1.54) is 49.9 Å². The van der Waals surface area contributed by atoms with Crippen molar-refractivity contribution in [1.82, 2.24) is 14.7 Å². The van der Waals surface area contributed by atoms with Gasteiger partial charge in [-0.05, 0) is 66.5 Å². The number of hydrogen-bond donors (Lipinski definition) is 3. The molecule has 0 amide bonds. The van der Waals surface area contributed by atoms with Crippen molar-refractivity contribution in [1.29, 1.82) is 0 Å². The van der Waals surface area contributed by atoms with Crippen LogP contribution in [0.5, 0.6) is 0 Å². The van der Waals surface area contributed by atoms with E-state index < -0.39 is 22.0 Å². The normalized spacial score (nSPS) is 15.2. The Labute approximate surface area is 212 Å². The van der Waals surface area contributed by atoms with Gasteiger partial charge in [-0.15, -0.1) is 0 Å². The van der Waals surface area contributed by atoms with Gasteiger partial charge in [0.15, 0.2) is 5.03 Å². The van der Waals surface area contributed by atoms with Crippen LogP contribution in [0.3, 0.4) is 0 Å². The van der Waals surface area contributed by atoms with Gasteiger partial charge in [0.05, 0.1) is 11.7 Å². The van der Waals surface area contributed by atoms with E-state index in [4.69, 9.17) is 5.11 Å². The third-order valence-corrected chi connectivity index (χ3v) is 8.01. The van der Waals surface area contributed by atoms with Gasteiger partial charge in [-0.25, -0.2) is 23.1 Å². The summed E-state index contributed by atoms with van der Waals surface area (Å²) >= 11 is 0. The van der Waals surface area contributed by atoms with Crippen LogP contribution in [0.2, 0.25) is 0 Å². The van der Waals surface area contributed by atoms with Crippen molar-refractivity contribution < 1.29 is 18.3 Å². The third kappa shape index (κ3) is 6.47. The van der Waals surface area contributed by atoms with Crippen LogP contribution < -0.4 is 10.0 Å². The van der Waals surface area contributed by atoms with E-state index in [2.05, 4.69) is 51.2 Å². The number of nitrogens with one attached hydrogen (secondary N) is 2. The number of pyridine rings is 2. The average molecular weight is 509 g/mol. The van der Waals surface area contributed by atoms with Crippen LogP contribution in [0.15, 0.2) is 71.9 Å². The molecule has 1 atom stereocenters. The summed E-state index contributed by atoms with van der Waals surface area (Å²) in [5.74, 6) is -0.652. The Morgan fingerprint density at radius 2 is 1.86 bits per heavy atom. The van der Waals surface area contributed by atoms with Gasteiger partial charge < -0.3 is 10.4 Å². The highest BCUT2D eigenvalue weighted by atomic mass is 32.2. The molecule has 1 aliphatic carbocycles. The zero-order valence-corrected chi connectivity index (χ0v) is 21.2. The maximum Gasteiger partial charge on any atom is 0.322 e. The molecule has 4 rings (SSSR count). The first-order valence-corrected chi connectivity index (χ1v) is 13.7. The number of carboxylic acid groups (broad SMARTS) is 1. The first-order chi connectivity index (χ1) is 17.3. The highest BCUT2D eigenvalue weighted by Gasteiger charge is 2.43. The van der Waals surface area contributed by atoms with Crippen molar-refractivity contribution in [2.75, 3.05) is 11.9 Å². The van der Waals surface area contributed by atoms with Gasteiger partial charge in [-0.1, -0.05) is 56.2 Å². The SMILES string of the molecule is CCCCC1(c2ccc(CC(NS(=O)(=O)c3ccccn3)c3cccc(NCC(=O)O)n3)cc2)CC1. The van der Waals surface area contributed by atoms with Gasteiger partial charge >= 0.3 is 5.97 Å². The Balaban J connectivity index is 1.59. The van der Waals surface area contributed by atoms with Crippen LogP contribution in [0.1, 0.15) is 61.9 Å². The number of benzene rings is 1. The number of hydrogen-bond acceptors (Lipinski definition) is 6. The fraction of sp³-hybridized carbons (Fsp3) is 0.370. The van der Waals surface area contributed by atoms with Gasteiger partial charge in [0.25, 0.3) is 10.0 Å². The lowest BCUT2D eigenvalue weighted by atomic mass is 9.89. The molecule has 2 heterocycles. The van der Waals surface area contributed by atoms with Crippen LogP contribution in [-0.4, -0.2) is 36.0 Å². The van der Waals surface area contributed by atoms with Gasteiger partial charge in [-0.3, -0.25) is 4.79 Å². The van der Waals surface area contributed by atoms with Crippen molar-refractivity contribution in [2.45, 2.75) is 61.9 Å². The zero-order chi connectivity index (χ0) is 25.6. The number of unbranched alkanes of at least 4 members (excludes halogenated alkanes) is 1. The summed E-state index contributed by atoms with van der Waals surface area (Å²) in [6.07, 6.45) is 7.86. The number of nitrogens with zero attached hydrogens (tertiary/aromatic N) is 2. The van der Waals surface area contributed by atoms with Crippen LogP contribution in [0.25, 0.3) is 0 Å². The molecule has 36 heavy (non-hydrogen) atoms. The zero-order valence-electron chi connectivity index (χ0n) is 20.4. The number of aromatic nitrogens is 2. The van der Waals surface area contributed by atoms with Gasteiger partial charge in [0, 0.05) is 6.20 Å². The molecule has 1 aliphatic rings. The molecule has 0 saturated heterocycles. The van der Waals surface area contributed by atoms with Crippen molar-refractivity contribution in [3.63, 3.8) is 0 Å². The number of aliphatic carboxylic acids is 1. The maximum atomic E-state index is 13.1. The van der Waals surface area contributed by atoms with E-state index >= 15 is 0 Å². The van der Waals surface area contributed by atoms with E-state index in [9.17, 15) is 13.2 Å². The maximum absolute atomic E-state index is 13.1. The lowest BCUT2D eigenvalue weighted by molar-refractivity contribution is -0.134. The summed E-state index contributed by atoms with van der Waals surface area (Å²) in [6.45, 7) is 1.92. The number of sulfonamides is 1. The Morgan fingerprint density at radius 1 is 1.08 bits per heavy atom. The molecular weight excluding hydrogens is 476 g/mol. The molecule has 1 unspecified atom stereocenters. The molecule has 0 aliphatic heterocycles. The fourth-order valence-corrected chi connectivity index (χ4v) is 5.61. The standard InChI is InChI=1S/C27H32N4O4S/c1-2-3-14-27(15-16-27)21-12-10-20(11-13-21)18-23(31-36(34,35)25-9-4-5-17-28-25)22-7-6-8-24(30-22)29-19-26(32)33/h4-13,17,23,31H,2-3,14-16,18-19H2,1H3,(H,29,30)(H,32,33). The van der Waals surface area contributed by atoms with Crippen molar-refractivity contribution in [3.8, 4) is 0 Å². The molecule has 190 valence electrons. The molecule has 1 fully saturated rings. The minimum atomic E-state index is -3.91. The van der Waals surface area contributed by atoms with Crippen LogP contribution in [0, 0.1) is 0 Å². The molecule has 3 aromatic rings. The Bertz CT molecular complexity index is 1280. The second kappa shape index (κ2) is 11.2. The molecule has 3 N–H and O–H groups in total.